The van der Waals surface area contributed by atoms with Crippen molar-refractivity contribution in [2.75, 3.05) is 19.8 Å². The Morgan fingerprint density at radius 1 is 1.20 bits per heavy atom. The van der Waals surface area contributed by atoms with Crippen LogP contribution in [0.15, 0.2) is 27.7 Å². The van der Waals surface area contributed by atoms with Gasteiger partial charge in [0.2, 0.25) is 5.89 Å². The predicted molar refractivity (Wildman–Crippen MR) is 129 cm³/mol. The lowest BCUT2D eigenvalue weighted by molar-refractivity contribution is 0.297. The van der Waals surface area contributed by atoms with Gasteiger partial charge in [-0.1, -0.05) is 32.4 Å². The first-order chi connectivity index (χ1) is 13.9. The second kappa shape index (κ2) is 11.1. The fourth-order valence-corrected chi connectivity index (χ4v) is 3.07. The Hall–Kier alpha value is -1.68. The van der Waals surface area contributed by atoms with Crippen molar-refractivity contribution in [2.24, 2.45) is 4.99 Å². The molecule has 1 aromatic carbocycles. The summed E-state index contributed by atoms with van der Waals surface area (Å²) in [6, 6.07) is 3.80. The van der Waals surface area contributed by atoms with Crippen LogP contribution in [-0.2, 0) is 18.5 Å². The Morgan fingerprint density at radius 2 is 1.97 bits per heavy atom. The molecule has 0 radical (unpaired) electrons. The molecule has 166 valence electrons. The molecule has 0 saturated heterocycles. The zero-order chi connectivity index (χ0) is 20.9. The Labute approximate surface area is 200 Å². The van der Waals surface area contributed by atoms with E-state index >= 15 is 0 Å². The van der Waals surface area contributed by atoms with Crippen LogP contribution in [0.4, 0.5) is 0 Å². The molecule has 0 unspecified atom stereocenters. The molecule has 0 atom stereocenters. The van der Waals surface area contributed by atoms with Gasteiger partial charge in [-0.3, -0.25) is 0 Å². The molecule has 1 aliphatic heterocycles. The van der Waals surface area contributed by atoms with Gasteiger partial charge in [0, 0.05) is 18.4 Å². The van der Waals surface area contributed by atoms with E-state index in [1.807, 2.05) is 19.1 Å². The van der Waals surface area contributed by atoms with Crippen LogP contribution < -0.4 is 20.1 Å². The van der Waals surface area contributed by atoms with Crippen LogP contribution in [0.25, 0.3) is 0 Å². The second-order valence-electron chi connectivity index (χ2n) is 7.87. The van der Waals surface area contributed by atoms with Gasteiger partial charge in [-0.2, -0.15) is 0 Å². The third kappa shape index (κ3) is 6.66. The van der Waals surface area contributed by atoms with Crippen LogP contribution in [0, 0.1) is 0 Å². The van der Waals surface area contributed by atoms with Crippen molar-refractivity contribution >= 4 is 41.5 Å². The van der Waals surface area contributed by atoms with E-state index in [1.165, 1.54) is 0 Å². The van der Waals surface area contributed by atoms with Gasteiger partial charge in [0.05, 0.1) is 37.5 Å². The minimum atomic E-state index is -0.0692. The lowest BCUT2D eigenvalue weighted by Crippen LogP contribution is -2.36. The van der Waals surface area contributed by atoms with E-state index in [0.717, 1.165) is 24.3 Å². The first kappa shape index (κ1) is 24.6. The van der Waals surface area contributed by atoms with Crippen LogP contribution in [0.1, 0.15) is 51.3 Å². The number of rotatable bonds is 5. The lowest BCUT2D eigenvalue weighted by Gasteiger charge is -2.13. The summed E-state index contributed by atoms with van der Waals surface area (Å²) < 4.78 is 17.3. The molecule has 0 bridgehead atoms. The Kier molecular flexibility index (Phi) is 9.09. The summed E-state index contributed by atoms with van der Waals surface area (Å²) in [5, 5.41) is 7.02. The molecule has 0 saturated carbocycles. The molecule has 2 aromatic rings. The summed E-state index contributed by atoms with van der Waals surface area (Å²) in [5.41, 5.74) is 0.878. The number of benzene rings is 1. The molecule has 2 heterocycles. The third-order valence-corrected chi connectivity index (χ3v) is 4.61. The fraction of sp³-hybridized carbons (Fsp3) is 0.524. The van der Waals surface area contributed by atoms with Gasteiger partial charge < -0.3 is 24.5 Å². The van der Waals surface area contributed by atoms with Gasteiger partial charge in [0.15, 0.2) is 17.5 Å². The molecular weight excluding hydrogens is 519 g/mol. The van der Waals surface area contributed by atoms with Gasteiger partial charge >= 0.3 is 0 Å². The highest BCUT2D eigenvalue weighted by Gasteiger charge is 2.19. The molecule has 2 N–H and O–H groups in total. The van der Waals surface area contributed by atoms with Crippen molar-refractivity contribution in [2.45, 2.75) is 52.6 Å². The van der Waals surface area contributed by atoms with Gasteiger partial charge in [0.1, 0.15) is 5.76 Å². The molecule has 0 fully saturated rings. The van der Waals surface area contributed by atoms with E-state index in [-0.39, 0.29) is 29.4 Å². The van der Waals surface area contributed by atoms with Crippen LogP contribution in [-0.4, -0.2) is 30.7 Å². The normalized spacial score (nSPS) is 14.0. The van der Waals surface area contributed by atoms with E-state index in [4.69, 9.17) is 25.5 Å². The van der Waals surface area contributed by atoms with Crippen LogP contribution in [0.2, 0.25) is 5.02 Å². The smallest absolute Gasteiger partial charge is 0.213 e. The minimum Gasteiger partial charge on any atom is -0.489 e. The quantitative estimate of drug-likeness (QED) is 0.321. The van der Waals surface area contributed by atoms with Gasteiger partial charge in [0.25, 0.3) is 0 Å². The van der Waals surface area contributed by atoms with Crippen LogP contribution in [0.3, 0.4) is 0 Å². The van der Waals surface area contributed by atoms with Gasteiger partial charge in [-0.15, -0.1) is 24.0 Å². The molecule has 0 amide bonds. The predicted octanol–water partition coefficient (Wildman–Crippen LogP) is 4.66. The average Bonchev–Trinajstić information content (AvgIpc) is 3.02. The molecule has 30 heavy (non-hydrogen) atoms. The average molecular weight is 549 g/mol. The van der Waals surface area contributed by atoms with Crippen molar-refractivity contribution < 1.29 is 13.9 Å². The van der Waals surface area contributed by atoms with Crippen molar-refractivity contribution in [3.05, 3.63) is 40.6 Å². The highest BCUT2D eigenvalue weighted by Crippen LogP contribution is 2.38. The highest BCUT2D eigenvalue weighted by molar-refractivity contribution is 14.0. The van der Waals surface area contributed by atoms with E-state index in [1.54, 1.807) is 6.20 Å². The number of aliphatic imine (C=N–C) groups is 1. The number of hydrogen-bond donors (Lipinski definition) is 2. The molecule has 0 aliphatic carbocycles. The molecule has 3 rings (SSSR count). The van der Waals surface area contributed by atoms with Gasteiger partial charge in [-0.25, -0.2) is 9.98 Å². The first-order valence-corrected chi connectivity index (χ1v) is 10.3. The van der Waals surface area contributed by atoms with E-state index < -0.39 is 0 Å². The maximum absolute atomic E-state index is 6.37. The topological polar surface area (TPSA) is 80.9 Å². The van der Waals surface area contributed by atoms with E-state index in [9.17, 15) is 0 Å². The number of fused-ring (bicyclic) bond motifs is 1. The number of ether oxygens (including phenoxy) is 2. The van der Waals surface area contributed by atoms with Crippen LogP contribution in [0.5, 0.6) is 11.5 Å². The molecule has 1 aromatic heterocycles. The summed E-state index contributed by atoms with van der Waals surface area (Å²) in [5.74, 6) is 3.44. The Morgan fingerprint density at radius 3 is 2.67 bits per heavy atom. The third-order valence-electron chi connectivity index (χ3n) is 4.33. The summed E-state index contributed by atoms with van der Waals surface area (Å²) >= 11 is 6.37. The molecular formula is C21H30ClIN4O3. The van der Waals surface area contributed by atoms with E-state index in [2.05, 4.69) is 41.4 Å². The zero-order valence-electron chi connectivity index (χ0n) is 17.9. The largest absolute Gasteiger partial charge is 0.489 e. The SMILES string of the molecule is CCNC(=NCc1cc(Cl)c2c(c1)OCCCO2)NCc1ncc(C(C)(C)C)o1.I. The van der Waals surface area contributed by atoms with Crippen LogP contribution >= 0.6 is 35.6 Å². The zero-order valence-corrected chi connectivity index (χ0v) is 21.0. The first-order valence-electron chi connectivity index (χ1n) is 9.92. The van der Waals surface area contributed by atoms with Crippen molar-refractivity contribution in [1.29, 1.82) is 0 Å². The standard InChI is InChI=1S/C21H29ClN4O3.HI/c1-5-23-20(26-13-18-24-12-17(29-18)21(2,3)4)25-11-14-9-15(22)19-16(10-14)27-7-6-8-28-19;/h9-10,12H,5-8,11,13H2,1-4H3,(H2,23,25,26);1H. The number of nitrogens with one attached hydrogen (secondary N) is 2. The summed E-state index contributed by atoms with van der Waals surface area (Å²) in [6.45, 7) is 11.2. The number of hydrogen-bond acceptors (Lipinski definition) is 5. The van der Waals surface area contributed by atoms with E-state index in [0.29, 0.717) is 54.7 Å². The number of nitrogens with zero attached hydrogens (tertiary/aromatic N) is 2. The van der Waals surface area contributed by atoms with Crippen molar-refractivity contribution in [3.8, 4) is 11.5 Å². The monoisotopic (exact) mass is 548 g/mol. The van der Waals surface area contributed by atoms with Gasteiger partial charge in [-0.05, 0) is 24.6 Å². The summed E-state index contributed by atoms with van der Waals surface area (Å²) in [7, 11) is 0. The van der Waals surface area contributed by atoms with Crippen molar-refractivity contribution in [1.82, 2.24) is 15.6 Å². The maximum Gasteiger partial charge on any atom is 0.213 e. The Balaban J connectivity index is 0.00000320. The maximum atomic E-state index is 6.37. The lowest BCUT2D eigenvalue weighted by atomic mass is 9.94. The molecule has 1 aliphatic rings. The molecule has 7 nitrogen and oxygen atoms in total. The number of oxazole rings is 1. The number of aromatic nitrogens is 1. The summed E-state index contributed by atoms with van der Waals surface area (Å²) in [6.07, 6.45) is 2.62. The Bertz CT molecular complexity index is 864. The molecule has 0 spiro atoms. The fourth-order valence-electron chi connectivity index (χ4n) is 2.79. The van der Waals surface area contributed by atoms with Crippen molar-refractivity contribution in [3.63, 3.8) is 0 Å². The minimum absolute atomic E-state index is 0. The second-order valence-corrected chi connectivity index (χ2v) is 8.28. The summed E-state index contributed by atoms with van der Waals surface area (Å²) in [4.78, 5) is 8.98. The number of guanidine groups is 1. The number of halogens is 2. The molecule has 9 heteroatoms. The highest BCUT2D eigenvalue weighted by atomic mass is 127.